The van der Waals surface area contributed by atoms with E-state index < -0.39 is 0 Å². The Morgan fingerprint density at radius 2 is 2.21 bits per heavy atom. The zero-order valence-corrected chi connectivity index (χ0v) is 10.9. The zero-order valence-electron chi connectivity index (χ0n) is 10.9. The predicted octanol–water partition coefficient (Wildman–Crippen LogP) is 2.19. The van der Waals surface area contributed by atoms with E-state index in [1.54, 1.807) is 18.3 Å². The number of benzene rings is 1. The first-order valence-corrected chi connectivity index (χ1v) is 6.39. The lowest BCUT2D eigenvalue weighted by molar-refractivity contribution is 0.408. The number of phenols is 2. The average molecular weight is 261 g/mol. The third-order valence-electron chi connectivity index (χ3n) is 3.08. The number of nitrogens with two attached hydrogens (primary N) is 1. The second kappa shape index (κ2) is 5.75. The first-order valence-electron chi connectivity index (χ1n) is 6.39. The highest BCUT2D eigenvalue weighted by atomic mass is 16.3. The van der Waals surface area contributed by atoms with Crippen molar-refractivity contribution in [2.45, 2.75) is 25.8 Å². The minimum absolute atomic E-state index is 0.136. The molecule has 5 heteroatoms. The standard InChI is InChI=1S/C14H19N3O2/c1-9(4-2-6-15)17-11-8-12(18)14(19)10-5-3-7-16-13(10)11/h3,5,7-9,17-19H,2,4,6,15H2,1H3/t9-/m1/s1. The SMILES string of the molecule is C[C@H](CCCN)Nc1cc(O)c(O)c2cccnc12. The van der Waals surface area contributed by atoms with E-state index in [1.807, 2.05) is 6.92 Å². The molecule has 1 aromatic heterocycles. The van der Waals surface area contributed by atoms with Crippen molar-refractivity contribution in [3.8, 4) is 11.5 Å². The van der Waals surface area contributed by atoms with Crippen molar-refractivity contribution in [3.05, 3.63) is 24.4 Å². The second-order valence-electron chi connectivity index (χ2n) is 4.67. The fourth-order valence-corrected chi connectivity index (χ4v) is 2.09. The van der Waals surface area contributed by atoms with Crippen molar-refractivity contribution in [2.24, 2.45) is 5.73 Å². The Morgan fingerprint density at radius 1 is 1.42 bits per heavy atom. The molecule has 5 N–H and O–H groups in total. The molecule has 1 atom stereocenters. The second-order valence-corrected chi connectivity index (χ2v) is 4.67. The smallest absolute Gasteiger partial charge is 0.167 e. The van der Waals surface area contributed by atoms with Crippen molar-refractivity contribution >= 4 is 16.6 Å². The summed E-state index contributed by atoms with van der Waals surface area (Å²) in [5, 5.41) is 23.4. The molecule has 1 heterocycles. The summed E-state index contributed by atoms with van der Waals surface area (Å²) in [6, 6.07) is 5.18. The van der Waals surface area contributed by atoms with E-state index in [9.17, 15) is 10.2 Å². The molecule has 0 radical (unpaired) electrons. The van der Waals surface area contributed by atoms with Gasteiger partial charge in [0.1, 0.15) is 0 Å². The topological polar surface area (TPSA) is 91.4 Å². The van der Waals surface area contributed by atoms with Gasteiger partial charge in [0.05, 0.1) is 11.2 Å². The number of nitrogens with one attached hydrogen (secondary N) is 1. The highest BCUT2D eigenvalue weighted by Crippen LogP contribution is 2.37. The van der Waals surface area contributed by atoms with Crippen LogP contribution in [0.5, 0.6) is 11.5 Å². The number of aromatic hydroxyl groups is 2. The molecule has 0 aliphatic heterocycles. The number of fused-ring (bicyclic) bond motifs is 1. The summed E-state index contributed by atoms with van der Waals surface area (Å²) in [4.78, 5) is 4.26. The van der Waals surface area contributed by atoms with Crippen molar-refractivity contribution in [1.82, 2.24) is 4.98 Å². The molecule has 2 aromatic rings. The van der Waals surface area contributed by atoms with E-state index in [0.717, 1.165) is 18.5 Å². The van der Waals surface area contributed by atoms with Crippen LogP contribution in [0.25, 0.3) is 10.9 Å². The van der Waals surface area contributed by atoms with E-state index in [4.69, 9.17) is 5.73 Å². The van der Waals surface area contributed by atoms with Crippen LogP contribution in [0.4, 0.5) is 5.69 Å². The Hall–Kier alpha value is -2.01. The summed E-state index contributed by atoms with van der Waals surface area (Å²) >= 11 is 0. The number of anilines is 1. The largest absolute Gasteiger partial charge is 0.504 e. The number of pyridine rings is 1. The summed E-state index contributed by atoms with van der Waals surface area (Å²) in [6.07, 6.45) is 3.53. The maximum Gasteiger partial charge on any atom is 0.167 e. The molecule has 0 spiro atoms. The Morgan fingerprint density at radius 3 is 2.95 bits per heavy atom. The summed E-state index contributed by atoms with van der Waals surface area (Å²) in [6.45, 7) is 2.71. The molecule has 0 aliphatic carbocycles. The third-order valence-corrected chi connectivity index (χ3v) is 3.08. The van der Waals surface area contributed by atoms with Gasteiger partial charge in [0.15, 0.2) is 11.5 Å². The van der Waals surface area contributed by atoms with Crippen LogP contribution in [-0.2, 0) is 0 Å². The highest BCUT2D eigenvalue weighted by molar-refractivity contribution is 5.96. The van der Waals surface area contributed by atoms with Gasteiger partial charge in [-0.25, -0.2) is 0 Å². The van der Waals surface area contributed by atoms with Gasteiger partial charge in [0.2, 0.25) is 0 Å². The molecule has 1 aromatic carbocycles. The number of hydrogen-bond acceptors (Lipinski definition) is 5. The molecule has 0 unspecified atom stereocenters. The quantitative estimate of drug-likeness (QED) is 0.489. The van der Waals surface area contributed by atoms with Crippen LogP contribution >= 0.6 is 0 Å². The first kappa shape index (κ1) is 13.4. The predicted molar refractivity (Wildman–Crippen MR) is 76.4 cm³/mol. The molecule has 102 valence electrons. The summed E-state index contributed by atoms with van der Waals surface area (Å²) < 4.78 is 0. The minimum atomic E-state index is -0.144. The van der Waals surface area contributed by atoms with Gasteiger partial charge in [-0.3, -0.25) is 4.98 Å². The summed E-state index contributed by atoms with van der Waals surface area (Å²) in [5.41, 5.74) is 6.86. The minimum Gasteiger partial charge on any atom is -0.504 e. The first-order chi connectivity index (χ1) is 9.13. The van der Waals surface area contributed by atoms with Gasteiger partial charge in [-0.05, 0) is 38.4 Å². The molecule has 0 amide bonds. The number of hydrogen-bond donors (Lipinski definition) is 4. The molecular weight excluding hydrogens is 242 g/mol. The Labute approximate surface area is 112 Å². The van der Waals surface area contributed by atoms with Gasteiger partial charge >= 0.3 is 0 Å². The van der Waals surface area contributed by atoms with Crippen LogP contribution in [0, 0.1) is 0 Å². The van der Waals surface area contributed by atoms with Gasteiger partial charge in [-0.15, -0.1) is 0 Å². The average Bonchev–Trinajstić information content (AvgIpc) is 2.42. The maximum atomic E-state index is 9.82. The Bertz CT molecular complexity index is 572. The number of nitrogens with zero attached hydrogens (tertiary/aromatic N) is 1. The van der Waals surface area contributed by atoms with E-state index in [0.29, 0.717) is 17.4 Å². The van der Waals surface area contributed by atoms with Crippen LogP contribution in [0.15, 0.2) is 24.4 Å². The monoisotopic (exact) mass is 261 g/mol. The van der Waals surface area contributed by atoms with E-state index in [2.05, 4.69) is 10.3 Å². The molecular formula is C14H19N3O2. The van der Waals surface area contributed by atoms with Crippen molar-refractivity contribution in [1.29, 1.82) is 0 Å². The van der Waals surface area contributed by atoms with Crippen LogP contribution in [0.3, 0.4) is 0 Å². The van der Waals surface area contributed by atoms with Crippen LogP contribution in [0.1, 0.15) is 19.8 Å². The van der Waals surface area contributed by atoms with Crippen molar-refractivity contribution in [2.75, 3.05) is 11.9 Å². The highest BCUT2D eigenvalue weighted by Gasteiger charge is 2.12. The van der Waals surface area contributed by atoms with Crippen molar-refractivity contribution < 1.29 is 10.2 Å². The number of rotatable bonds is 5. The van der Waals surface area contributed by atoms with Gasteiger partial charge in [-0.1, -0.05) is 0 Å². The van der Waals surface area contributed by atoms with Gasteiger partial charge in [0, 0.05) is 23.7 Å². The van der Waals surface area contributed by atoms with Gasteiger partial charge in [0.25, 0.3) is 0 Å². The third kappa shape index (κ3) is 2.88. The normalized spacial score (nSPS) is 12.5. The van der Waals surface area contributed by atoms with Gasteiger partial charge < -0.3 is 21.3 Å². The fraction of sp³-hybridized carbons (Fsp3) is 0.357. The molecule has 2 rings (SSSR count). The van der Waals surface area contributed by atoms with Crippen LogP contribution in [-0.4, -0.2) is 27.8 Å². The number of phenolic OH excluding ortho intramolecular Hbond substituents is 2. The molecule has 5 nitrogen and oxygen atoms in total. The van der Waals surface area contributed by atoms with Crippen molar-refractivity contribution in [3.63, 3.8) is 0 Å². The zero-order chi connectivity index (χ0) is 13.8. The maximum absolute atomic E-state index is 9.82. The summed E-state index contributed by atoms with van der Waals surface area (Å²) in [7, 11) is 0. The Balaban J connectivity index is 2.35. The molecule has 19 heavy (non-hydrogen) atoms. The molecule has 0 saturated carbocycles. The van der Waals surface area contributed by atoms with Crippen LogP contribution < -0.4 is 11.1 Å². The fourth-order valence-electron chi connectivity index (χ4n) is 2.09. The lowest BCUT2D eigenvalue weighted by Gasteiger charge is -2.17. The summed E-state index contributed by atoms with van der Waals surface area (Å²) in [5.74, 6) is -0.280. The Kier molecular flexibility index (Phi) is 4.06. The van der Waals surface area contributed by atoms with E-state index in [-0.39, 0.29) is 17.5 Å². The lowest BCUT2D eigenvalue weighted by atomic mass is 10.1. The van der Waals surface area contributed by atoms with Crippen LogP contribution in [0.2, 0.25) is 0 Å². The lowest BCUT2D eigenvalue weighted by Crippen LogP contribution is -2.17. The van der Waals surface area contributed by atoms with E-state index >= 15 is 0 Å². The molecule has 0 bridgehead atoms. The molecule has 0 fully saturated rings. The molecule has 0 saturated heterocycles. The molecule has 0 aliphatic rings. The van der Waals surface area contributed by atoms with Gasteiger partial charge in [-0.2, -0.15) is 0 Å². The van der Waals surface area contributed by atoms with E-state index in [1.165, 1.54) is 6.07 Å². The number of aromatic nitrogens is 1.